The highest BCUT2D eigenvalue weighted by Crippen LogP contribution is 2.51. The Bertz CT molecular complexity index is 851. The highest BCUT2D eigenvalue weighted by atomic mass is 16.5. The Morgan fingerprint density at radius 3 is 2.35 bits per heavy atom. The summed E-state index contributed by atoms with van der Waals surface area (Å²) in [5.74, 6) is -1.31. The Kier molecular flexibility index (Phi) is 14.1. The van der Waals surface area contributed by atoms with Crippen molar-refractivity contribution in [3.63, 3.8) is 0 Å². The van der Waals surface area contributed by atoms with Crippen molar-refractivity contribution in [2.45, 2.75) is 124 Å². The molecule has 4 atom stereocenters. The molecule has 0 aromatic heterocycles. The molecule has 1 fully saturated rings. The summed E-state index contributed by atoms with van der Waals surface area (Å²) < 4.78 is 17.4. The van der Waals surface area contributed by atoms with Gasteiger partial charge in [-0.2, -0.15) is 0 Å². The van der Waals surface area contributed by atoms with Gasteiger partial charge in [0.05, 0.1) is 19.3 Å². The summed E-state index contributed by atoms with van der Waals surface area (Å²) in [6.07, 6.45) is 10.8. The largest absolute Gasteiger partial charge is 0.468 e. The molecular formula is C32H56N2O6. The van der Waals surface area contributed by atoms with Crippen LogP contribution in [0.5, 0.6) is 0 Å². The SMILES string of the molecule is CCCCCCCCN1C(=O)[C@@H](CC(=O)NCCCOCCCC)C[C@@]2(C(=O)OC)C1=C[C@H](C(C)(C)C)O[C@@H]2C. The van der Waals surface area contributed by atoms with E-state index in [1.54, 1.807) is 4.90 Å². The van der Waals surface area contributed by atoms with Crippen molar-refractivity contribution in [2.24, 2.45) is 16.7 Å². The maximum absolute atomic E-state index is 14.0. The van der Waals surface area contributed by atoms with E-state index in [0.717, 1.165) is 45.1 Å². The zero-order valence-corrected chi connectivity index (χ0v) is 26.3. The van der Waals surface area contributed by atoms with Crippen molar-refractivity contribution in [3.05, 3.63) is 11.8 Å². The van der Waals surface area contributed by atoms with Crippen molar-refractivity contribution < 1.29 is 28.6 Å². The van der Waals surface area contributed by atoms with Gasteiger partial charge in [-0.25, -0.2) is 0 Å². The van der Waals surface area contributed by atoms with Gasteiger partial charge in [0.2, 0.25) is 11.8 Å². The number of amides is 2. The number of nitrogens with one attached hydrogen (secondary N) is 1. The van der Waals surface area contributed by atoms with Crippen LogP contribution in [0.4, 0.5) is 0 Å². The fourth-order valence-electron chi connectivity index (χ4n) is 5.77. The second-order valence-corrected chi connectivity index (χ2v) is 12.6. The molecule has 1 saturated heterocycles. The topological polar surface area (TPSA) is 94.2 Å². The third kappa shape index (κ3) is 9.04. The molecular weight excluding hydrogens is 508 g/mol. The van der Waals surface area contributed by atoms with Gasteiger partial charge in [-0.1, -0.05) is 73.1 Å². The number of carbonyl (C=O) groups excluding carboxylic acids is 3. The van der Waals surface area contributed by atoms with Gasteiger partial charge in [-0.15, -0.1) is 0 Å². The first kappa shape index (κ1) is 34.3. The quantitative estimate of drug-likeness (QED) is 0.178. The number of ether oxygens (including phenoxy) is 3. The third-order valence-corrected chi connectivity index (χ3v) is 8.29. The second-order valence-electron chi connectivity index (χ2n) is 12.6. The number of nitrogens with zero attached hydrogens (tertiary/aromatic N) is 1. The summed E-state index contributed by atoms with van der Waals surface area (Å²) in [6.45, 7) is 14.8. The number of methoxy groups -OCH3 is 1. The van der Waals surface area contributed by atoms with E-state index < -0.39 is 23.4 Å². The Hall–Kier alpha value is -1.93. The predicted octanol–water partition coefficient (Wildman–Crippen LogP) is 5.79. The number of unbranched alkanes of at least 4 members (excludes halogenated alkanes) is 6. The highest BCUT2D eigenvalue weighted by molar-refractivity contribution is 5.92. The molecule has 0 unspecified atom stereocenters. The molecule has 8 heteroatoms. The van der Waals surface area contributed by atoms with E-state index in [4.69, 9.17) is 14.2 Å². The van der Waals surface area contributed by atoms with Gasteiger partial charge in [-0.05, 0) is 44.1 Å². The molecule has 0 spiro atoms. The lowest BCUT2D eigenvalue weighted by Crippen LogP contribution is -2.61. The van der Waals surface area contributed by atoms with Crippen LogP contribution in [-0.4, -0.2) is 68.3 Å². The van der Waals surface area contributed by atoms with Crippen LogP contribution in [0.15, 0.2) is 11.8 Å². The van der Waals surface area contributed by atoms with Crippen molar-refractivity contribution in [3.8, 4) is 0 Å². The molecule has 0 aromatic carbocycles. The molecule has 0 aromatic rings. The van der Waals surface area contributed by atoms with E-state index in [0.29, 0.717) is 25.4 Å². The van der Waals surface area contributed by atoms with Gasteiger partial charge in [0.1, 0.15) is 5.41 Å². The molecule has 0 radical (unpaired) electrons. The third-order valence-electron chi connectivity index (χ3n) is 8.29. The molecule has 0 saturated carbocycles. The second kappa shape index (κ2) is 16.5. The first-order valence-electron chi connectivity index (χ1n) is 15.6. The molecule has 2 aliphatic heterocycles. The van der Waals surface area contributed by atoms with Crippen molar-refractivity contribution >= 4 is 17.8 Å². The van der Waals surface area contributed by atoms with E-state index in [-0.39, 0.29) is 36.2 Å². The Morgan fingerprint density at radius 2 is 1.70 bits per heavy atom. The van der Waals surface area contributed by atoms with Crippen LogP contribution in [0.1, 0.15) is 112 Å². The zero-order chi connectivity index (χ0) is 29.8. The Labute approximate surface area is 242 Å². The van der Waals surface area contributed by atoms with Crippen LogP contribution in [-0.2, 0) is 28.6 Å². The van der Waals surface area contributed by atoms with Gasteiger partial charge >= 0.3 is 5.97 Å². The van der Waals surface area contributed by atoms with Crippen LogP contribution in [0.25, 0.3) is 0 Å². The minimum absolute atomic E-state index is 0.0317. The number of hydrogen-bond donors (Lipinski definition) is 1. The number of likely N-dealkylation sites (tertiary alicyclic amines) is 1. The molecule has 8 nitrogen and oxygen atoms in total. The molecule has 2 heterocycles. The van der Waals surface area contributed by atoms with Crippen LogP contribution in [0.2, 0.25) is 0 Å². The predicted molar refractivity (Wildman–Crippen MR) is 157 cm³/mol. The summed E-state index contributed by atoms with van der Waals surface area (Å²) in [5, 5.41) is 2.94. The number of rotatable bonds is 17. The monoisotopic (exact) mass is 564 g/mol. The lowest BCUT2D eigenvalue weighted by atomic mass is 9.65. The van der Waals surface area contributed by atoms with E-state index >= 15 is 0 Å². The first-order valence-corrected chi connectivity index (χ1v) is 15.6. The van der Waals surface area contributed by atoms with E-state index in [2.05, 4.69) is 39.9 Å². The summed E-state index contributed by atoms with van der Waals surface area (Å²) >= 11 is 0. The minimum Gasteiger partial charge on any atom is -0.468 e. The molecule has 2 amide bonds. The summed E-state index contributed by atoms with van der Waals surface area (Å²) in [7, 11) is 1.38. The van der Waals surface area contributed by atoms with E-state index in [1.165, 1.54) is 26.4 Å². The summed E-state index contributed by atoms with van der Waals surface area (Å²) in [6, 6.07) is 0. The molecule has 0 bridgehead atoms. The molecule has 2 rings (SSSR count). The summed E-state index contributed by atoms with van der Waals surface area (Å²) in [4.78, 5) is 42.2. The number of piperidine rings is 1. The lowest BCUT2D eigenvalue weighted by Gasteiger charge is -2.53. The molecule has 2 aliphatic rings. The minimum atomic E-state index is -1.13. The average Bonchev–Trinajstić information content (AvgIpc) is 2.91. The fourth-order valence-corrected chi connectivity index (χ4v) is 5.77. The Morgan fingerprint density at radius 1 is 1.05 bits per heavy atom. The molecule has 0 aliphatic carbocycles. The van der Waals surface area contributed by atoms with Gasteiger partial charge < -0.3 is 24.4 Å². The van der Waals surface area contributed by atoms with Crippen LogP contribution < -0.4 is 5.32 Å². The number of fused-ring (bicyclic) bond motifs is 1. The maximum Gasteiger partial charge on any atom is 0.320 e. The van der Waals surface area contributed by atoms with Crippen molar-refractivity contribution in [1.82, 2.24) is 10.2 Å². The van der Waals surface area contributed by atoms with E-state index in [1.807, 2.05) is 13.0 Å². The van der Waals surface area contributed by atoms with Gasteiger partial charge in [0.25, 0.3) is 0 Å². The molecule has 1 N–H and O–H groups in total. The van der Waals surface area contributed by atoms with Crippen molar-refractivity contribution in [1.29, 1.82) is 0 Å². The van der Waals surface area contributed by atoms with Gasteiger partial charge in [-0.3, -0.25) is 14.4 Å². The van der Waals surface area contributed by atoms with Gasteiger partial charge in [0.15, 0.2) is 0 Å². The zero-order valence-electron chi connectivity index (χ0n) is 26.3. The Balaban J connectivity index is 2.25. The number of carbonyl (C=O) groups is 3. The maximum atomic E-state index is 14.0. The van der Waals surface area contributed by atoms with Crippen LogP contribution in [0.3, 0.4) is 0 Å². The smallest absolute Gasteiger partial charge is 0.320 e. The molecule has 230 valence electrons. The molecule has 40 heavy (non-hydrogen) atoms. The standard InChI is InChI=1S/C32H56N2O6/c1-8-10-12-13-14-15-18-34-26-22-27(31(4,5)6)40-24(3)32(26,30(37)38-7)23-25(29(34)36)21-28(35)33-17-16-20-39-19-11-9-2/h22,24-25,27H,8-21,23H2,1-7H3,(H,33,35)/t24-,25+,27-,32+/m1/s1. The fraction of sp³-hybridized carbons (Fsp3) is 0.844. The van der Waals surface area contributed by atoms with Crippen LogP contribution >= 0.6 is 0 Å². The normalized spacial score (nSPS) is 24.9. The summed E-state index contributed by atoms with van der Waals surface area (Å²) in [5.41, 5.74) is -0.655. The van der Waals surface area contributed by atoms with Gasteiger partial charge in [0, 0.05) is 44.3 Å². The average molecular weight is 565 g/mol. The highest BCUT2D eigenvalue weighted by Gasteiger charge is 2.60. The van der Waals surface area contributed by atoms with Crippen LogP contribution in [0, 0.1) is 16.7 Å². The van der Waals surface area contributed by atoms with E-state index in [9.17, 15) is 14.4 Å². The number of hydrogen-bond acceptors (Lipinski definition) is 6. The van der Waals surface area contributed by atoms with Crippen molar-refractivity contribution in [2.75, 3.05) is 33.4 Å². The first-order chi connectivity index (χ1) is 19.0. The number of esters is 1. The lowest BCUT2D eigenvalue weighted by molar-refractivity contribution is -0.180.